The zero-order valence-electron chi connectivity index (χ0n) is 11.9. The Labute approximate surface area is 180 Å². The molecule has 7 heteroatoms. The normalized spacial score (nSPS) is 9.91. The van der Waals surface area contributed by atoms with Crippen LogP contribution in [0.3, 0.4) is 0 Å². The smallest absolute Gasteiger partial charge is 0.545 e. The third-order valence-corrected chi connectivity index (χ3v) is 3.68. The molecule has 0 bridgehead atoms. The first-order valence-corrected chi connectivity index (χ1v) is 6.95. The minimum absolute atomic E-state index is 0. The maximum Gasteiger partial charge on any atom is 1.00 e. The van der Waals surface area contributed by atoms with Crippen LogP contribution < -0.4 is 61.8 Å². The Balaban J connectivity index is 0.00000242. The summed E-state index contributed by atoms with van der Waals surface area (Å²) in [5.41, 5.74) is 1.36. The largest absolute Gasteiger partial charge is 1.00 e. The summed E-state index contributed by atoms with van der Waals surface area (Å²) in [7, 11) is 0. The van der Waals surface area contributed by atoms with E-state index in [1.54, 1.807) is 18.2 Å². The van der Waals surface area contributed by atoms with Crippen LogP contribution in [0, 0.1) is 0 Å². The van der Waals surface area contributed by atoms with Crippen molar-refractivity contribution in [1.29, 1.82) is 0 Å². The minimum Gasteiger partial charge on any atom is -0.545 e. The summed E-state index contributed by atoms with van der Waals surface area (Å²) in [4.78, 5) is 10.8. The maximum atomic E-state index is 10.8. The molecule has 0 amide bonds. The molecule has 0 aliphatic rings. The standard InChI is InChI=1S/C15H13Cl2NO3.K/c16-12-3-1-9(7-13(12)17)5-6-18-10-2-4-14(19)11(8-10)15(20)21;/h1-4,7-8,18-19H,5-6H2,(H,20,21);/q;+1/p-1. The van der Waals surface area contributed by atoms with Crippen molar-refractivity contribution >= 4 is 34.9 Å². The van der Waals surface area contributed by atoms with Crippen LogP contribution in [0.15, 0.2) is 36.4 Å². The molecule has 0 saturated heterocycles. The Hall–Kier alpha value is -0.274. The molecule has 22 heavy (non-hydrogen) atoms. The second kappa shape index (κ2) is 9.13. The van der Waals surface area contributed by atoms with Crippen molar-refractivity contribution in [2.75, 3.05) is 11.9 Å². The zero-order chi connectivity index (χ0) is 15.4. The number of phenols is 1. The Morgan fingerprint density at radius 2 is 1.86 bits per heavy atom. The summed E-state index contributed by atoms with van der Waals surface area (Å²) in [6, 6.07) is 9.63. The number of halogens is 2. The molecule has 0 unspecified atom stereocenters. The number of nitrogens with one attached hydrogen (secondary N) is 1. The van der Waals surface area contributed by atoms with E-state index in [1.165, 1.54) is 12.1 Å². The molecule has 0 aromatic heterocycles. The molecule has 2 N–H and O–H groups in total. The number of aromatic hydroxyl groups is 1. The molecule has 2 aromatic carbocycles. The average molecular weight is 364 g/mol. The number of carboxylic acid groups (broad SMARTS) is 1. The quantitative estimate of drug-likeness (QED) is 0.566. The van der Waals surface area contributed by atoms with Gasteiger partial charge in [-0.3, -0.25) is 0 Å². The van der Waals surface area contributed by atoms with Crippen LogP contribution in [0.5, 0.6) is 5.75 Å². The number of hydrogen-bond donors (Lipinski definition) is 2. The van der Waals surface area contributed by atoms with E-state index >= 15 is 0 Å². The average Bonchev–Trinajstić information content (AvgIpc) is 2.44. The van der Waals surface area contributed by atoms with Crippen molar-refractivity contribution in [2.24, 2.45) is 0 Å². The zero-order valence-corrected chi connectivity index (χ0v) is 16.5. The molecule has 0 aliphatic carbocycles. The number of carboxylic acids is 1. The number of hydrogen-bond acceptors (Lipinski definition) is 4. The van der Waals surface area contributed by atoms with Crippen LogP contribution in [0.2, 0.25) is 10.0 Å². The Morgan fingerprint density at radius 3 is 2.50 bits per heavy atom. The summed E-state index contributed by atoms with van der Waals surface area (Å²) in [6.45, 7) is 0.579. The van der Waals surface area contributed by atoms with Crippen LogP contribution in [-0.2, 0) is 6.42 Å². The van der Waals surface area contributed by atoms with Gasteiger partial charge in [-0.1, -0.05) is 29.3 Å². The van der Waals surface area contributed by atoms with E-state index < -0.39 is 5.97 Å². The number of anilines is 1. The molecule has 0 atom stereocenters. The molecule has 2 rings (SSSR count). The van der Waals surface area contributed by atoms with Crippen molar-refractivity contribution in [3.05, 3.63) is 57.6 Å². The maximum absolute atomic E-state index is 10.8. The van der Waals surface area contributed by atoms with E-state index in [2.05, 4.69) is 5.32 Å². The fraction of sp³-hybridized carbons (Fsp3) is 0.133. The van der Waals surface area contributed by atoms with Gasteiger partial charge in [-0.05, 0) is 42.3 Å². The van der Waals surface area contributed by atoms with Gasteiger partial charge in [-0.15, -0.1) is 0 Å². The van der Waals surface area contributed by atoms with Gasteiger partial charge in [0.1, 0.15) is 5.75 Å². The van der Waals surface area contributed by atoms with Gasteiger partial charge in [0.25, 0.3) is 0 Å². The fourth-order valence-electron chi connectivity index (χ4n) is 1.86. The van der Waals surface area contributed by atoms with E-state index in [9.17, 15) is 15.0 Å². The van der Waals surface area contributed by atoms with Gasteiger partial charge in [0.2, 0.25) is 0 Å². The predicted octanol–water partition coefficient (Wildman–Crippen LogP) is -0.279. The summed E-state index contributed by atoms with van der Waals surface area (Å²) < 4.78 is 0. The number of benzene rings is 2. The van der Waals surface area contributed by atoms with Gasteiger partial charge in [0.15, 0.2) is 0 Å². The van der Waals surface area contributed by atoms with E-state index in [4.69, 9.17) is 23.2 Å². The van der Waals surface area contributed by atoms with Gasteiger partial charge < -0.3 is 20.3 Å². The summed E-state index contributed by atoms with van der Waals surface area (Å²) >= 11 is 11.8. The summed E-state index contributed by atoms with van der Waals surface area (Å²) in [5.74, 6) is -1.73. The van der Waals surface area contributed by atoms with Gasteiger partial charge in [0, 0.05) is 17.8 Å². The Morgan fingerprint density at radius 1 is 1.14 bits per heavy atom. The van der Waals surface area contributed by atoms with Gasteiger partial charge >= 0.3 is 51.4 Å². The van der Waals surface area contributed by atoms with E-state index in [-0.39, 0.29) is 62.7 Å². The minimum atomic E-state index is -1.42. The van der Waals surface area contributed by atoms with E-state index in [0.29, 0.717) is 28.7 Å². The molecule has 0 aliphatic heterocycles. The first-order chi connectivity index (χ1) is 9.97. The second-order valence-electron chi connectivity index (χ2n) is 4.44. The Kier molecular flexibility index (Phi) is 8.20. The second-order valence-corrected chi connectivity index (χ2v) is 5.26. The first kappa shape index (κ1) is 19.8. The number of carbonyl (C=O) groups is 1. The molecule has 0 heterocycles. The van der Waals surface area contributed by atoms with Crippen LogP contribution in [-0.4, -0.2) is 17.6 Å². The first-order valence-electron chi connectivity index (χ1n) is 6.19. The van der Waals surface area contributed by atoms with Crippen molar-refractivity contribution < 1.29 is 66.4 Å². The van der Waals surface area contributed by atoms with E-state index in [1.807, 2.05) is 6.07 Å². The number of aromatic carboxylic acids is 1. The van der Waals surface area contributed by atoms with Gasteiger partial charge in [-0.2, -0.15) is 0 Å². The SMILES string of the molecule is O=C([O-])c1cc(NCCc2ccc(Cl)c(Cl)c2)ccc1O.[K+]. The van der Waals surface area contributed by atoms with Crippen LogP contribution in [0.4, 0.5) is 5.69 Å². The van der Waals surface area contributed by atoms with Crippen molar-refractivity contribution in [1.82, 2.24) is 0 Å². The fourth-order valence-corrected chi connectivity index (χ4v) is 2.18. The predicted molar refractivity (Wildman–Crippen MR) is 81.1 cm³/mol. The van der Waals surface area contributed by atoms with Crippen LogP contribution in [0.1, 0.15) is 15.9 Å². The topological polar surface area (TPSA) is 72.4 Å². The third-order valence-electron chi connectivity index (χ3n) is 2.94. The van der Waals surface area contributed by atoms with Gasteiger partial charge in [-0.25, -0.2) is 0 Å². The molecule has 110 valence electrons. The number of rotatable bonds is 5. The third kappa shape index (κ3) is 5.42. The van der Waals surface area contributed by atoms with Gasteiger partial charge in [0.05, 0.1) is 16.0 Å². The van der Waals surface area contributed by atoms with Crippen LogP contribution >= 0.6 is 23.2 Å². The molecule has 0 spiro atoms. The van der Waals surface area contributed by atoms with Crippen molar-refractivity contribution in [2.45, 2.75) is 6.42 Å². The van der Waals surface area contributed by atoms with E-state index in [0.717, 1.165) is 5.56 Å². The molecule has 0 fully saturated rings. The molecule has 0 radical (unpaired) electrons. The number of carbonyl (C=O) groups excluding carboxylic acids is 1. The molecule has 4 nitrogen and oxygen atoms in total. The Bertz CT molecular complexity index is 680. The summed E-state index contributed by atoms with van der Waals surface area (Å²) in [6.07, 6.45) is 0.693. The summed E-state index contributed by atoms with van der Waals surface area (Å²) in [5, 5.41) is 24.3. The molecule has 0 saturated carbocycles. The monoisotopic (exact) mass is 363 g/mol. The van der Waals surface area contributed by atoms with Crippen LogP contribution in [0.25, 0.3) is 0 Å². The van der Waals surface area contributed by atoms with Crippen molar-refractivity contribution in [3.8, 4) is 5.75 Å². The van der Waals surface area contributed by atoms with Crippen molar-refractivity contribution in [3.63, 3.8) is 0 Å². The molecule has 2 aromatic rings. The molecular formula is C15H12Cl2KNO3. The molecular weight excluding hydrogens is 352 g/mol.